The molecule has 0 saturated carbocycles. The average Bonchev–Trinajstić information content (AvgIpc) is 3.21. The van der Waals surface area contributed by atoms with Crippen LogP contribution in [0.1, 0.15) is 43.6 Å². The molecule has 0 saturated heterocycles. The normalized spacial score (nSPS) is 14.5. The van der Waals surface area contributed by atoms with E-state index in [-0.39, 0.29) is 22.3 Å². The number of hydrogen-bond acceptors (Lipinski definition) is 4. The van der Waals surface area contributed by atoms with Gasteiger partial charge >= 0.3 is 0 Å². The van der Waals surface area contributed by atoms with Gasteiger partial charge in [-0.1, -0.05) is 39.8 Å². The fraction of sp³-hybridized carbons (Fsp3) is 0.417. The van der Waals surface area contributed by atoms with Gasteiger partial charge in [0, 0.05) is 25.3 Å². The Hall–Kier alpha value is -2.78. The van der Waals surface area contributed by atoms with Crippen LogP contribution in [-0.2, 0) is 21.2 Å². The van der Waals surface area contributed by atoms with Crippen LogP contribution in [0.15, 0.2) is 47.4 Å². The smallest absolute Gasteiger partial charge is 0.254 e. The van der Waals surface area contributed by atoms with Crippen LogP contribution in [-0.4, -0.2) is 50.2 Å². The third kappa shape index (κ3) is 4.94. The number of benzene rings is 2. The van der Waals surface area contributed by atoms with Crippen molar-refractivity contribution in [1.82, 2.24) is 9.62 Å². The highest BCUT2D eigenvalue weighted by molar-refractivity contribution is 7.89. The summed E-state index contributed by atoms with van der Waals surface area (Å²) in [5, 5.41) is 2.67. The number of amides is 2. The standard InChI is InChI=1S/C24H30FN3O4S/c1-5-27(6-2)33(31,32)18-11-12-21-17(15-18)13-14-28(21)24(30)22(16(3)4)26-23(29)19-9-7-8-10-20(19)25/h7-12,15-16,22H,5-6,13-14H2,1-4H3,(H,26,29)/t22-/m0/s1. The topological polar surface area (TPSA) is 86.8 Å². The predicted molar refractivity (Wildman–Crippen MR) is 125 cm³/mol. The van der Waals surface area contributed by atoms with Crippen molar-refractivity contribution >= 4 is 27.5 Å². The van der Waals surface area contributed by atoms with Crippen molar-refractivity contribution in [1.29, 1.82) is 0 Å². The van der Waals surface area contributed by atoms with E-state index in [1.165, 1.54) is 28.6 Å². The van der Waals surface area contributed by atoms with E-state index in [9.17, 15) is 22.4 Å². The van der Waals surface area contributed by atoms with Gasteiger partial charge in [0.05, 0.1) is 10.5 Å². The first kappa shape index (κ1) is 24.9. The second-order valence-electron chi connectivity index (χ2n) is 8.29. The highest BCUT2D eigenvalue weighted by atomic mass is 32.2. The second-order valence-corrected chi connectivity index (χ2v) is 10.2. The number of halogens is 1. The van der Waals surface area contributed by atoms with Crippen LogP contribution in [0.2, 0.25) is 0 Å². The minimum absolute atomic E-state index is 0.121. The Morgan fingerprint density at radius 1 is 1.12 bits per heavy atom. The molecule has 7 nitrogen and oxygen atoms in total. The van der Waals surface area contributed by atoms with E-state index in [0.29, 0.717) is 31.7 Å². The van der Waals surface area contributed by atoms with Crippen LogP contribution < -0.4 is 10.2 Å². The fourth-order valence-electron chi connectivity index (χ4n) is 4.03. The first-order valence-corrected chi connectivity index (χ1v) is 12.6. The molecular weight excluding hydrogens is 445 g/mol. The van der Waals surface area contributed by atoms with E-state index in [4.69, 9.17) is 0 Å². The minimum Gasteiger partial charge on any atom is -0.340 e. The maximum Gasteiger partial charge on any atom is 0.254 e. The van der Waals surface area contributed by atoms with E-state index in [2.05, 4.69) is 5.32 Å². The lowest BCUT2D eigenvalue weighted by atomic mass is 10.0. The third-order valence-electron chi connectivity index (χ3n) is 5.89. The first-order chi connectivity index (χ1) is 15.6. The van der Waals surface area contributed by atoms with E-state index < -0.39 is 27.8 Å². The SMILES string of the molecule is CCN(CC)S(=O)(=O)c1ccc2c(c1)CCN2C(=O)[C@@H](NC(=O)c1ccccc1F)C(C)C. The summed E-state index contributed by atoms with van der Waals surface area (Å²) in [7, 11) is -3.60. The molecule has 1 atom stereocenters. The van der Waals surface area contributed by atoms with Crippen LogP contribution in [0, 0.1) is 11.7 Å². The molecule has 0 radical (unpaired) electrons. The second kappa shape index (κ2) is 10.0. The van der Waals surface area contributed by atoms with Gasteiger partial charge in [0.25, 0.3) is 5.91 Å². The lowest BCUT2D eigenvalue weighted by Crippen LogP contribution is -2.51. The molecule has 3 rings (SSSR count). The molecule has 1 aliphatic heterocycles. The van der Waals surface area contributed by atoms with Crippen molar-refractivity contribution in [2.24, 2.45) is 5.92 Å². The van der Waals surface area contributed by atoms with Gasteiger partial charge in [0.2, 0.25) is 15.9 Å². The van der Waals surface area contributed by atoms with Crippen molar-refractivity contribution in [2.75, 3.05) is 24.5 Å². The van der Waals surface area contributed by atoms with Crippen LogP contribution in [0.5, 0.6) is 0 Å². The molecule has 2 aromatic carbocycles. The lowest BCUT2D eigenvalue weighted by molar-refractivity contribution is -0.121. The van der Waals surface area contributed by atoms with Crippen molar-refractivity contribution in [3.05, 3.63) is 59.4 Å². The Balaban J connectivity index is 1.85. The molecule has 0 aromatic heterocycles. The Morgan fingerprint density at radius 2 is 1.79 bits per heavy atom. The Labute approximate surface area is 194 Å². The number of sulfonamides is 1. The number of hydrogen-bond donors (Lipinski definition) is 1. The monoisotopic (exact) mass is 475 g/mol. The third-order valence-corrected chi connectivity index (χ3v) is 7.94. The number of rotatable bonds is 8. The first-order valence-electron chi connectivity index (χ1n) is 11.1. The summed E-state index contributed by atoms with van der Waals surface area (Å²) >= 11 is 0. The van der Waals surface area contributed by atoms with Crippen molar-refractivity contribution in [2.45, 2.75) is 45.1 Å². The molecule has 0 bridgehead atoms. The van der Waals surface area contributed by atoms with E-state index in [1.807, 2.05) is 0 Å². The van der Waals surface area contributed by atoms with Crippen LogP contribution in [0.25, 0.3) is 0 Å². The number of anilines is 1. The summed E-state index contributed by atoms with van der Waals surface area (Å²) in [6.45, 7) is 8.31. The van der Waals surface area contributed by atoms with Gasteiger partial charge in [-0.25, -0.2) is 12.8 Å². The molecular formula is C24H30FN3O4S. The zero-order valence-electron chi connectivity index (χ0n) is 19.3. The Kier molecular flexibility index (Phi) is 7.54. The molecule has 1 N–H and O–H groups in total. The molecule has 2 aromatic rings. The van der Waals surface area contributed by atoms with Crippen molar-refractivity contribution < 1.29 is 22.4 Å². The highest BCUT2D eigenvalue weighted by Gasteiger charge is 2.34. The van der Waals surface area contributed by atoms with Gasteiger partial charge < -0.3 is 10.2 Å². The minimum atomic E-state index is -3.60. The van der Waals surface area contributed by atoms with Gasteiger partial charge in [-0.15, -0.1) is 0 Å². The summed E-state index contributed by atoms with van der Waals surface area (Å²) in [6, 6.07) is 9.54. The summed E-state index contributed by atoms with van der Waals surface area (Å²) in [5.74, 6) is -1.86. The quantitative estimate of drug-likeness (QED) is 0.635. The zero-order valence-corrected chi connectivity index (χ0v) is 20.2. The maximum atomic E-state index is 14.0. The summed E-state index contributed by atoms with van der Waals surface area (Å²) in [6.07, 6.45) is 0.509. The number of fused-ring (bicyclic) bond motifs is 1. The molecule has 33 heavy (non-hydrogen) atoms. The summed E-state index contributed by atoms with van der Waals surface area (Å²) < 4.78 is 41.1. The number of carbonyl (C=O) groups is 2. The Bertz CT molecular complexity index is 1150. The largest absolute Gasteiger partial charge is 0.340 e. The summed E-state index contributed by atoms with van der Waals surface area (Å²) in [4.78, 5) is 27.8. The zero-order chi connectivity index (χ0) is 24.3. The number of nitrogens with zero attached hydrogens (tertiary/aromatic N) is 2. The van der Waals surface area contributed by atoms with E-state index in [0.717, 1.165) is 5.56 Å². The van der Waals surface area contributed by atoms with E-state index in [1.54, 1.807) is 50.8 Å². The van der Waals surface area contributed by atoms with Crippen LogP contribution >= 0.6 is 0 Å². The molecule has 0 aliphatic carbocycles. The molecule has 0 unspecified atom stereocenters. The predicted octanol–water partition coefficient (Wildman–Crippen LogP) is 3.20. The molecule has 178 valence electrons. The number of carbonyl (C=O) groups excluding carboxylic acids is 2. The molecule has 2 amide bonds. The van der Waals surface area contributed by atoms with Gasteiger partial charge in [0.15, 0.2) is 0 Å². The summed E-state index contributed by atoms with van der Waals surface area (Å²) in [5.41, 5.74) is 1.27. The lowest BCUT2D eigenvalue weighted by Gasteiger charge is -2.27. The van der Waals surface area contributed by atoms with Gasteiger partial charge in [-0.05, 0) is 48.2 Å². The molecule has 0 fully saturated rings. The van der Waals surface area contributed by atoms with E-state index >= 15 is 0 Å². The highest BCUT2D eigenvalue weighted by Crippen LogP contribution is 2.32. The van der Waals surface area contributed by atoms with Gasteiger partial charge in [-0.2, -0.15) is 4.31 Å². The molecule has 1 aliphatic rings. The van der Waals surface area contributed by atoms with Gasteiger partial charge in [-0.3, -0.25) is 9.59 Å². The van der Waals surface area contributed by atoms with Gasteiger partial charge in [0.1, 0.15) is 11.9 Å². The molecule has 0 spiro atoms. The van der Waals surface area contributed by atoms with Crippen molar-refractivity contribution in [3.8, 4) is 0 Å². The van der Waals surface area contributed by atoms with Crippen LogP contribution in [0.3, 0.4) is 0 Å². The maximum absolute atomic E-state index is 14.0. The Morgan fingerprint density at radius 3 is 2.39 bits per heavy atom. The fourth-order valence-corrected chi connectivity index (χ4v) is 5.54. The number of nitrogens with one attached hydrogen (secondary N) is 1. The average molecular weight is 476 g/mol. The van der Waals surface area contributed by atoms with Crippen molar-refractivity contribution in [3.63, 3.8) is 0 Å². The van der Waals surface area contributed by atoms with Crippen LogP contribution in [0.4, 0.5) is 10.1 Å². The molecule has 1 heterocycles. The molecule has 9 heteroatoms.